The van der Waals surface area contributed by atoms with E-state index in [0.29, 0.717) is 24.2 Å². The molecule has 0 atom stereocenters. The summed E-state index contributed by atoms with van der Waals surface area (Å²) in [6, 6.07) is 16.8. The first kappa shape index (κ1) is 20.5. The molecule has 7 heteroatoms. The number of nitrogens with one attached hydrogen (secondary N) is 1. The molecule has 0 saturated heterocycles. The summed E-state index contributed by atoms with van der Waals surface area (Å²) < 4.78 is 27.1. The van der Waals surface area contributed by atoms with Crippen LogP contribution in [0.25, 0.3) is 0 Å². The summed E-state index contributed by atoms with van der Waals surface area (Å²) in [5, 5.41) is 2.85. The molecule has 29 heavy (non-hydrogen) atoms. The van der Waals surface area contributed by atoms with Crippen LogP contribution in [0.5, 0.6) is 0 Å². The number of carbonyl (C=O) groups excluding carboxylic acids is 1. The first-order chi connectivity index (χ1) is 13.9. The van der Waals surface area contributed by atoms with Gasteiger partial charge in [0, 0.05) is 31.5 Å². The number of rotatable bonds is 7. The van der Waals surface area contributed by atoms with Crippen molar-refractivity contribution in [3.8, 4) is 0 Å². The topological polar surface area (TPSA) is 79.4 Å². The molecule has 0 aliphatic carbocycles. The van der Waals surface area contributed by atoms with Crippen molar-refractivity contribution in [2.45, 2.75) is 18.2 Å². The van der Waals surface area contributed by atoms with Crippen LogP contribution in [0, 0.1) is 6.92 Å². The quantitative estimate of drug-likeness (QED) is 0.650. The molecule has 0 saturated carbocycles. The lowest BCUT2D eigenvalue weighted by Gasteiger charge is -2.19. The summed E-state index contributed by atoms with van der Waals surface area (Å²) in [4.78, 5) is 16.6. The molecule has 1 heterocycles. The number of hydrogen-bond acceptors (Lipinski definition) is 4. The number of carbonyl (C=O) groups is 1. The minimum Gasteiger partial charge on any atom is -0.352 e. The Bertz CT molecular complexity index is 1100. The highest BCUT2D eigenvalue weighted by Gasteiger charge is 2.22. The number of benzene rings is 2. The van der Waals surface area contributed by atoms with Crippen molar-refractivity contribution in [1.82, 2.24) is 10.3 Å². The second-order valence-electron chi connectivity index (χ2n) is 6.64. The zero-order chi connectivity index (χ0) is 20.9. The summed E-state index contributed by atoms with van der Waals surface area (Å²) in [6.45, 7) is 2.42. The fourth-order valence-electron chi connectivity index (χ4n) is 2.93. The fraction of sp³-hybridized carbons (Fsp3) is 0.182. The van der Waals surface area contributed by atoms with E-state index in [9.17, 15) is 13.2 Å². The summed E-state index contributed by atoms with van der Waals surface area (Å²) in [6.07, 6.45) is 4.19. The second-order valence-corrected chi connectivity index (χ2v) is 8.61. The van der Waals surface area contributed by atoms with Crippen molar-refractivity contribution in [1.29, 1.82) is 0 Å². The maximum Gasteiger partial charge on any atom is 0.264 e. The first-order valence-electron chi connectivity index (χ1n) is 9.21. The lowest BCUT2D eigenvalue weighted by atomic mass is 10.1. The molecule has 0 aliphatic heterocycles. The Morgan fingerprint density at radius 1 is 1.07 bits per heavy atom. The number of amides is 1. The average Bonchev–Trinajstić information content (AvgIpc) is 2.75. The highest BCUT2D eigenvalue weighted by atomic mass is 32.2. The van der Waals surface area contributed by atoms with E-state index in [0.717, 1.165) is 11.1 Å². The van der Waals surface area contributed by atoms with Gasteiger partial charge in [0.2, 0.25) is 0 Å². The molecule has 6 nitrogen and oxygen atoms in total. The minimum absolute atomic E-state index is 0.0708. The van der Waals surface area contributed by atoms with Crippen molar-refractivity contribution in [2.24, 2.45) is 0 Å². The molecule has 3 aromatic rings. The average molecular weight is 410 g/mol. The van der Waals surface area contributed by atoms with Crippen LogP contribution in [0.4, 0.5) is 5.69 Å². The van der Waals surface area contributed by atoms with Crippen molar-refractivity contribution in [2.75, 3.05) is 17.9 Å². The van der Waals surface area contributed by atoms with Gasteiger partial charge >= 0.3 is 0 Å². The third-order valence-corrected chi connectivity index (χ3v) is 6.47. The molecule has 0 unspecified atom stereocenters. The Kier molecular flexibility index (Phi) is 6.29. The van der Waals surface area contributed by atoms with E-state index in [1.807, 2.05) is 19.1 Å². The molecule has 1 aromatic heterocycles. The first-order valence-corrected chi connectivity index (χ1v) is 10.7. The number of para-hydroxylation sites is 1. The molecule has 150 valence electrons. The summed E-state index contributed by atoms with van der Waals surface area (Å²) in [7, 11) is -2.28. The molecule has 0 bridgehead atoms. The van der Waals surface area contributed by atoms with Gasteiger partial charge < -0.3 is 5.32 Å². The molecule has 1 amide bonds. The standard InChI is InChI=1S/C22H23N3O3S/c1-17-16-23-13-11-18(17)12-14-24-22(26)19-7-6-10-21(15-19)29(27,28)25(2)20-8-4-3-5-9-20/h3-11,13,15-16H,12,14H2,1-2H3,(H,24,26). The SMILES string of the molecule is Cc1cnccc1CCNC(=O)c1cccc(S(=O)(=O)N(C)c2ccccc2)c1. The fourth-order valence-corrected chi connectivity index (χ4v) is 4.17. The summed E-state index contributed by atoms with van der Waals surface area (Å²) in [5.74, 6) is -0.309. The number of hydrogen-bond donors (Lipinski definition) is 1. The van der Waals surface area contributed by atoms with E-state index in [2.05, 4.69) is 10.3 Å². The second kappa shape index (κ2) is 8.87. The number of pyridine rings is 1. The van der Waals surface area contributed by atoms with Crippen LogP contribution >= 0.6 is 0 Å². The van der Waals surface area contributed by atoms with Gasteiger partial charge in [-0.1, -0.05) is 24.3 Å². The molecule has 0 spiro atoms. The van der Waals surface area contributed by atoms with Crippen molar-refractivity contribution >= 4 is 21.6 Å². The number of anilines is 1. The lowest BCUT2D eigenvalue weighted by Crippen LogP contribution is -2.28. The predicted molar refractivity (Wildman–Crippen MR) is 113 cm³/mol. The normalized spacial score (nSPS) is 11.1. The Labute approximate surface area is 171 Å². The van der Waals surface area contributed by atoms with E-state index in [-0.39, 0.29) is 10.8 Å². The zero-order valence-electron chi connectivity index (χ0n) is 16.4. The maximum atomic E-state index is 12.9. The van der Waals surface area contributed by atoms with E-state index < -0.39 is 10.0 Å². The smallest absolute Gasteiger partial charge is 0.264 e. The maximum absolute atomic E-state index is 12.9. The number of aryl methyl sites for hydroxylation is 1. The van der Waals surface area contributed by atoms with Crippen LogP contribution in [0.1, 0.15) is 21.5 Å². The van der Waals surface area contributed by atoms with Crippen molar-refractivity contribution < 1.29 is 13.2 Å². The molecule has 2 aromatic carbocycles. The van der Waals surface area contributed by atoms with Crippen molar-refractivity contribution in [3.63, 3.8) is 0 Å². The molecule has 0 fully saturated rings. The minimum atomic E-state index is -3.77. The Morgan fingerprint density at radius 2 is 1.83 bits per heavy atom. The third-order valence-electron chi connectivity index (χ3n) is 4.69. The monoisotopic (exact) mass is 409 g/mol. The van der Waals surface area contributed by atoms with Gasteiger partial charge in [0.25, 0.3) is 15.9 Å². The molecule has 3 rings (SSSR count). The van der Waals surface area contributed by atoms with E-state index in [1.165, 1.54) is 23.5 Å². The number of aromatic nitrogens is 1. The van der Waals surface area contributed by atoms with Crippen LogP contribution < -0.4 is 9.62 Å². The Morgan fingerprint density at radius 3 is 2.55 bits per heavy atom. The summed E-state index contributed by atoms with van der Waals surface area (Å²) >= 11 is 0. The van der Waals surface area contributed by atoms with E-state index in [1.54, 1.807) is 48.8 Å². The van der Waals surface area contributed by atoms with Gasteiger partial charge in [-0.05, 0) is 60.9 Å². The van der Waals surface area contributed by atoms with Gasteiger partial charge in [-0.25, -0.2) is 8.42 Å². The van der Waals surface area contributed by atoms with Crippen LogP contribution in [-0.4, -0.2) is 32.9 Å². The molecular weight excluding hydrogens is 386 g/mol. The molecular formula is C22H23N3O3S. The molecule has 1 N–H and O–H groups in total. The van der Waals surface area contributed by atoms with Crippen LogP contribution in [0.15, 0.2) is 78.0 Å². The number of sulfonamides is 1. The van der Waals surface area contributed by atoms with Crippen LogP contribution in [0.2, 0.25) is 0 Å². The van der Waals surface area contributed by atoms with Crippen molar-refractivity contribution in [3.05, 3.63) is 89.7 Å². The van der Waals surface area contributed by atoms with Gasteiger partial charge in [0.05, 0.1) is 10.6 Å². The largest absolute Gasteiger partial charge is 0.352 e. The lowest BCUT2D eigenvalue weighted by molar-refractivity contribution is 0.0954. The van der Waals surface area contributed by atoms with Gasteiger partial charge in [-0.15, -0.1) is 0 Å². The van der Waals surface area contributed by atoms with Gasteiger partial charge in [-0.2, -0.15) is 0 Å². The third kappa shape index (κ3) is 4.81. The van der Waals surface area contributed by atoms with Crippen LogP contribution in [-0.2, 0) is 16.4 Å². The Hall–Kier alpha value is -3.19. The van der Waals surface area contributed by atoms with E-state index in [4.69, 9.17) is 0 Å². The highest BCUT2D eigenvalue weighted by Crippen LogP contribution is 2.22. The van der Waals surface area contributed by atoms with Gasteiger partial charge in [0.15, 0.2) is 0 Å². The van der Waals surface area contributed by atoms with Gasteiger partial charge in [0.1, 0.15) is 0 Å². The highest BCUT2D eigenvalue weighted by molar-refractivity contribution is 7.92. The van der Waals surface area contributed by atoms with E-state index >= 15 is 0 Å². The number of nitrogens with zero attached hydrogens (tertiary/aromatic N) is 2. The zero-order valence-corrected chi connectivity index (χ0v) is 17.2. The van der Waals surface area contributed by atoms with Crippen LogP contribution in [0.3, 0.4) is 0 Å². The molecule has 0 aliphatic rings. The summed E-state index contributed by atoms with van der Waals surface area (Å²) in [5.41, 5.74) is 3.04. The Balaban J connectivity index is 1.71. The predicted octanol–water partition coefficient (Wildman–Crippen LogP) is 3.19. The molecule has 0 radical (unpaired) electrons. The van der Waals surface area contributed by atoms with Gasteiger partial charge in [-0.3, -0.25) is 14.1 Å².